The van der Waals surface area contributed by atoms with Crippen molar-refractivity contribution in [2.75, 3.05) is 13.2 Å². The van der Waals surface area contributed by atoms with Crippen LogP contribution in [0, 0.1) is 27.0 Å². The normalized spacial score (nSPS) is 14.2. The molecule has 0 saturated carbocycles. The van der Waals surface area contributed by atoms with Crippen molar-refractivity contribution in [2.24, 2.45) is 0 Å². The van der Waals surface area contributed by atoms with Crippen LogP contribution in [0.15, 0.2) is 34.7 Å². The van der Waals surface area contributed by atoms with E-state index in [0.29, 0.717) is 0 Å². The van der Waals surface area contributed by atoms with Crippen molar-refractivity contribution in [3.63, 3.8) is 0 Å². The van der Waals surface area contributed by atoms with Crippen LogP contribution in [0.3, 0.4) is 0 Å². The minimum atomic E-state index is -1.32. The Hall–Kier alpha value is 1.43. The van der Waals surface area contributed by atoms with Crippen molar-refractivity contribution < 1.29 is 32.2 Å². The quantitative estimate of drug-likeness (QED) is 0.168. The summed E-state index contributed by atoms with van der Waals surface area (Å²) >= 11 is 1.58. The fourth-order valence-corrected chi connectivity index (χ4v) is 9.13. The van der Waals surface area contributed by atoms with E-state index in [2.05, 4.69) is 102 Å². The predicted octanol–water partition coefficient (Wildman–Crippen LogP) is 8.38. The summed E-state index contributed by atoms with van der Waals surface area (Å²) in [5.41, 5.74) is 0. The molecule has 0 heterocycles. The summed E-state index contributed by atoms with van der Waals surface area (Å²) in [7, 11) is -5.15. The fraction of sp³-hybridized carbons (Fsp3) is 0.615. The zero-order valence-corrected chi connectivity index (χ0v) is 34.9. The molecule has 214 valence electrons. The third-order valence-electron chi connectivity index (χ3n) is 5.37. The van der Waals surface area contributed by atoms with Gasteiger partial charge in [-0.1, -0.05) is 26.2 Å². The Labute approximate surface area is 259 Å². The summed E-state index contributed by atoms with van der Waals surface area (Å²) in [6.07, 6.45) is 17.9. The average Bonchev–Trinajstić information content (AvgIpc) is 3.36. The molecule has 10 heteroatoms. The Morgan fingerprint density at radius 2 is 0.944 bits per heavy atom. The van der Waals surface area contributed by atoms with Gasteiger partial charge in [0.05, 0.1) is 0 Å². The van der Waals surface area contributed by atoms with Crippen LogP contribution in [0.25, 0.3) is 0 Å². The molecule has 0 aromatic carbocycles. The van der Waals surface area contributed by atoms with Crippen LogP contribution in [0.2, 0.25) is 77.6 Å². The van der Waals surface area contributed by atoms with E-state index in [1.165, 1.54) is 22.5 Å². The molecule has 0 aromatic heterocycles. The summed E-state index contributed by atoms with van der Waals surface area (Å²) in [5, 5.41) is 2.98. The zero-order valence-electron chi connectivity index (χ0n) is 25.4. The van der Waals surface area contributed by atoms with Gasteiger partial charge in [-0.15, -0.1) is 37.7 Å². The Bertz CT molecular complexity index is 637. The van der Waals surface area contributed by atoms with Crippen LogP contribution < -0.4 is 0 Å². The maximum atomic E-state index is 5.93. The molecule has 2 nitrogen and oxygen atoms in total. The molecule has 0 saturated heterocycles. The molecule has 2 aliphatic carbocycles. The van der Waals surface area contributed by atoms with Gasteiger partial charge < -0.3 is 23.7 Å². The molecule has 0 aromatic rings. The Balaban J connectivity index is -0.000000151. The van der Waals surface area contributed by atoms with E-state index in [0.717, 1.165) is 26.1 Å². The summed E-state index contributed by atoms with van der Waals surface area (Å²) in [6, 6.07) is 2.45. The van der Waals surface area contributed by atoms with E-state index in [4.69, 9.17) is 8.85 Å². The molecule has 0 fully saturated rings. The van der Waals surface area contributed by atoms with Gasteiger partial charge in [0.15, 0.2) is 16.6 Å². The molecular formula is C26H56Cl2O2Si5Zr-4. The van der Waals surface area contributed by atoms with Gasteiger partial charge in [0.25, 0.3) is 0 Å². The monoisotopic (exact) mass is 700 g/mol. The standard InChI is InChI=1S/2C12H23OSi2.2CH3.2ClH.H2Si.Zr/c2*1-14(2,3)13-10-11-15(4,5)12-8-6-7-9-12;;;;;;/h2*6,8H,7,10-11H2,1-5H3;2*1H3;2*1H;1H2;/q4*-1;;;;. The topological polar surface area (TPSA) is 18.5 Å². The van der Waals surface area contributed by atoms with E-state index >= 15 is 0 Å². The molecule has 0 unspecified atom stereocenters. The third kappa shape index (κ3) is 22.3. The van der Waals surface area contributed by atoms with Gasteiger partial charge >= 0.3 is 30.2 Å². The van der Waals surface area contributed by atoms with E-state index in [-0.39, 0.29) is 39.7 Å². The molecule has 0 N–H and O–H groups in total. The van der Waals surface area contributed by atoms with Crippen molar-refractivity contribution >= 4 is 64.5 Å². The SMILES string of the molecule is C[Si](C)(C)OCC[Si](C)(C)C1=[C-]CC=C1.C[Si](C)(C)OCC[Si](C)(C)C1=[C-]CC=C1.Cl.Cl.[CH3-].[CH3-].[SiH2]=[Zr]. The summed E-state index contributed by atoms with van der Waals surface area (Å²) in [6.45, 7) is 27.0. The molecular weight excluding hydrogens is 647 g/mol. The second-order valence-electron chi connectivity index (χ2n) is 11.6. The molecule has 0 radical (unpaired) electrons. The van der Waals surface area contributed by atoms with Crippen molar-refractivity contribution in [1.82, 2.24) is 0 Å². The van der Waals surface area contributed by atoms with Gasteiger partial charge in [-0.3, -0.25) is 12.2 Å². The van der Waals surface area contributed by atoms with E-state index in [1.54, 1.807) is 23.3 Å². The first-order valence-electron chi connectivity index (χ1n) is 11.8. The van der Waals surface area contributed by atoms with E-state index in [1.807, 2.05) is 6.88 Å². The van der Waals surface area contributed by atoms with Crippen LogP contribution in [-0.4, -0.2) is 52.9 Å². The van der Waals surface area contributed by atoms with Crippen LogP contribution in [-0.2, 0) is 32.2 Å². The van der Waals surface area contributed by atoms with Crippen molar-refractivity contribution in [1.29, 1.82) is 0 Å². The van der Waals surface area contributed by atoms with Crippen LogP contribution in [0.4, 0.5) is 0 Å². The number of allylic oxidation sites excluding steroid dienone is 8. The second kappa shape index (κ2) is 22.2. The fourth-order valence-electron chi connectivity index (χ4n) is 3.23. The molecule has 2 rings (SSSR count). The molecule has 2 aliphatic rings. The Kier molecular flexibility index (Phi) is 29.1. The second-order valence-corrected chi connectivity index (χ2v) is 30.2. The Morgan fingerprint density at radius 3 is 1.14 bits per heavy atom. The average molecular weight is 703 g/mol. The summed E-state index contributed by atoms with van der Waals surface area (Å²) in [4.78, 5) is 0. The number of halogens is 2. The van der Waals surface area contributed by atoms with Crippen LogP contribution in [0.1, 0.15) is 12.8 Å². The molecule has 0 spiro atoms. The predicted molar refractivity (Wildman–Crippen MR) is 180 cm³/mol. The number of hydrogen-bond acceptors (Lipinski definition) is 2. The van der Waals surface area contributed by atoms with Gasteiger partial charge in [-0.2, -0.15) is 12.2 Å². The van der Waals surface area contributed by atoms with E-state index in [9.17, 15) is 0 Å². The first-order chi connectivity index (χ1) is 14.6. The zero-order chi connectivity index (χ0) is 25.1. The van der Waals surface area contributed by atoms with Crippen molar-refractivity contribution in [3.8, 4) is 0 Å². The van der Waals surface area contributed by atoms with Gasteiger partial charge in [-0.25, -0.2) is 22.5 Å². The molecule has 0 amide bonds. The molecule has 0 aliphatic heterocycles. The number of hydrogen-bond donors (Lipinski definition) is 0. The van der Waals surface area contributed by atoms with Gasteiger partial charge in [0.2, 0.25) is 0 Å². The molecule has 36 heavy (non-hydrogen) atoms. The molecule has 0 bridgehead atoms. The summed E-state index contributed by atoms with van der Waals surface area (Å²) < 4.78 is 11.9. The van der Waals surface area contributed by atoms with Gasteiger partial charge in [0.1, 0.15) is 0 Å². The summed E-state index contributed by atoms with van der Waals surface area (Å²) in [5.74, 6) is 0. The van der Waals surface area contributed by atoms with Crippen molar-refractivity contribution in [2.45, 2.75) is 90.4 Å². The number of rotatable bonds is 10. The Morgan fingerprint density at radius 1 is 0.667 bits per heavy atom. The van der Waals surface area contributed by atoms with E-state index < -0.39 is 32.8 Å². The first-order valence-corrected chi connectivity index (χ1v) is 31.0. The first kappa shape index (κ1) is 47.2. The minimum absolute atomic E-state index is 0. The van der Waals surface area contributed by atoms with Gasteiger partial charge in [0, 0.05) is 29.4 Å². The molecule has 0 atom stereocenters. The third-order valence-corrected chi connectivity index (χ3v) is 14.0. The maximum absolute atomic E-state index is 5.93. The van der Waals surface area contributed by atoms with Crippen LogP contribution >= 0.6 is 24.8 Å². The van der Waals surface area contributed by atoms with Crippen LogP contribution in [0.5, 0.6) is 0 Å². The van der Waals surface area contributed by atoms with Crippen molar-refractivity contribution in [3.05, 3.63) is 61.7 Å². The van der Waals surface area contributed by atoms with Gasteiger partial charge in [-0.05, 0) is 51.4 Å².